The number of hydrogen-bond donors (Lipinski definition) is 2. The molecule has 0 aliphatic heterocycles. The van der Waals surface area contributed by atoms with Crippen LogP contribution in [0, 0.1) is 0 Å². The molecule has 0 radical (unpaired) electrons. The fourth-order valence-corrected chi connectivity index (χ4v) is 8.69. The van der Waals surface area contributed by atoms with Crippen molar-refractivity contribution in [2.75, 3.05) is 0 Å². The minimum absolute atomic E-state index is 0.258. The van der Waals surface area contributed by atoms with E-state index in [1.165, 1.54) is 55.2 Å². The van der Waals surface area contributed by atoms with Crippen molar-refractivity contribution in [1.29, 1.82) is 0 Å². The van der Waals surface area contributed by atoms with E-state index in [1.54, 1.807) is 0 Å². The van der Waals surface area contributed by atoms with Gasteiger partial charge in [0.1, 0.15) is 5.84 Å². The maximum Gasteiger partial charge on any atom is 0.126 e. The molecular formula is C51H41N5. The van der Waals surface area contributed by atoms with Gasteiger partial charge in [-0.2, -0.15) is 0 Å². The minimum Gasteiger partial charge on any atom is -0.383 e. The molecule has 1 aliphatic rings. The Labute approximate surface area is 326 Å². The van der Waals surface area contributed by atoms with Crippen LogP contribution in [0.15, 0.2) is 193 Å². The quantitative estimate of drug-likeness (QED) is 0.121. The second kappa shape index (κ2) is 14.0. The Balaban J connectivity index is 0.992. The van der Waals surface area contributed by atoms with Crippen LogP contribution < -0.4 is 11.5 Å². The van der Waals surface area contributed by atoms with Crippen LogP contribution >= 0.6 is 0 Å². The van der Waals surface area contributed by atoms with Gasteiger partial charge in [-0.1, -0.05) is 146 Å². The molecule has 2 unspecified atom stereocenters. The summed E-state index contributed by atoms with van der Waals surface area (Å²) in [6.45, 7) is 0. The van der Waals surface area contributed by atoms with Gasteiger partial charge in [0.15, 0.2) is 0 Å². The van der Waals surface area contributed by atoms with E-state index in [0.29, 0.717) is 5.84 Å². The van der Waals surface area contributed by atoms with Crippen molar-refractivity contribution in [3.63, 3.8) is 0 Å². The van der Waals surface area contributed by atoms with E-state index in [-0.39, 0.29) is 12.0 Å². The molecule has 1 aliphatic carbocycles. The largest absolute Gasteiger partial charge is 0.383 e. The number of aliphatic imine (C=N–C) groups is 1. The first-order valence-corrected chi connectivity index (χ1v) is 19.3. The summed E-state index contributed by atoms with van der Waals surface area (Å²) in [7, 11) is 0. The SMILES string of the molecule is NC(=NC(c1ccccc1)[C@H](N)c1cccc(-n2c3c(c4ccccc42)CC(c2ccc(-n4c5ccccc5c5ccccc54)cc2)C=C3)c1)c1ccccc1. The highest BCUT2D eigenvalue weighted by Gasteiger charge is 2.26. The van der Waals surface area contributed by atoms with E-state index in [2.05, 4.69) is 155 Å². The van der Waals surface area contributed by atoms with Gasteiger partial charge in [0.05, 0.1) is 28.6 Å². The third-order valence-corrected chi connectivity index (χ3v) is 11.4. The Bertz CT molecular complexity index is 2860. The zero-order valence-electron chi connectivity index (χ0n) is 30.9. The molecule has 56 heavy (non-hydrogen) atoms. The fourth-order valence-electron chi connectivity index (χ4n) is 8.69. The Hall–Kier alpha value is -6.95. The zero-order valence-corrected chi connectivity index (χ0v) is 30.9. The summed E-state index contributed by atoms with van der Waals surface area (Å²) in [6.07, 6.45) is 5.60. The topological polar surface area (TPSA) is 74.3 Å². The lowest BCUT2D eigenvalue weighted by molar-refractivity contribution is 0.576. The molecule has 7 aromatic carbocycles. The summed E-state index contributed by atoms with van der Waals surface area (Å²) < 4.78 is 4.77. The first kappa shape index (κ1) is 33.6. The molecular weight excluding hydrogens is 683 g/mol. The van der Waals surface area contributed by atoms with Gasteiger partial charge in [0.2, 0.25) is 0 Å². The van der Waals surface area contributed by atoms with Crippen molar-refractivity contribution in [2.45, 2.75) is 24.4 Å². The normalized spacial score (nSPS) is 15.3. The highest BCUT2D eigenvalue weighted by molar-refractivity contribution is 6.09. The third kappa shape index (κ3) is 5.81. The van der Waals surface area contributed by atoms with E-state index in [9.17, 15) is 0 Å². The van der Waals surface area contributed by atoms with Crippen molar-refractivity contribution in [1.82, 2.24) is 9.13 Å². The zero-order chi connectivity index (χ0) is 37.6. The van der Waals surface area contributed by atoms with Gasteiger partial charge in [-0.3, -0.25) is 4.99 Å². The van der Waals surface area contributed by atoms with Crippen LogP contribution in [0.5, 0.6) is 0 Å². The number of rotatable bonds is 8. The van der Waals surface area contributed by atoms with Gasteiger partial charge in [-0.25, -0.2) is 0 Å². The van der Waals surface area contributed by atoms with Crippen LogP contribution in [0.4, 0.5) is 0 Å². The monoisotopic (exact) mass is 723 g/mol. The predicted octanol–water partition coefficient (Wildman–Crippen LogP) is 11.2. The lowest BCUT2D eigenvalue weighted by atomic mass is 9.86. The molecule has 270 valence electrons. The number of allylic oxidation sites excluding steroid dienone is 1. The first-order chi connectivity index (χ1) is 27.6. The van der Waals surface area contributed by atoms with E-state index in [0.717, 1.165) is 28.8 Å². The summed E-state index contributed by atoms with van der Waals surface area (Å²) >= 11 is 0. The molecule has 2 heterocycles. The van der Waals surface area contributed by atoms with Crippen molar-refractivity contribution < 1.29 is 0 Å². The highest BCUT2D eigenvalue weighted by Crippen LogP contribution is 2.40. The second-order valence-electron chi connectivity index (χ2n) is 14.7. The Morgan fingerprint density at radius 2 is 1.12 bits per heavy atom. The number of hydrogen-bond acceptors (Lipinski definition) is 2. The molecule has 0 saturated carbocycles. The molecule has 5 nitrogen and oxygen atoms in total. The van der Waals surface area contributed by atoms with Crippen molar-refractivity contribution in [3.8, 4) is 11.4 Å². The van der Waals surface area contributed by atoms with Crippen molar-refractivity contribution >= 4 is 44.6 Å². The van der Waals surface area contributed by atoms with Crippen molar-refractivity contribution in [2.24, 2.45) is 16.5 Å². The lowest BCUT2D eigenvalue weighted by Gasteiger charge is -2.23. The lowest BCUT2D eigenvalue weighted by Crippen LogP contribution is -2.23. The summed E-state index contributed by atoms with van der Waals surface area (Å²) in [5.41, 5.74) is 26.4. The van der Waals surface area contributed by atoms with E-state index in [4.69, 9.17) is 16.5 Å². The Morgan fingerprint density at radius 1 is 0.554 bits per heavy atom. The maximum absolute atomic E-state index is 7.16. The Kier molecular flexibility index (Phi) is 8.42. The van der Waals surface area contributed by atoms with Gasteiger partial charge in [0.25, 0.3) is 0 Å². The number of para-hydroxylation sites is 3. The van der Waals surface area contributed by atoms with Crippen LogP contribution in [-0.2, 0) is 6.42 Å². The average Bonchev–Trinajstić information content (AvgIpc) is 3.79. The number of aromatic nitrogens is 2. The smallest absolute Gasteiger partial charge is 0.126 e. The van der Waals surface area contributed by atoms with Gasteiger partial charge in [-0.15, -0.1) is 0 Å². The van der Waals surface area contributed by atoms with E-state index < -0.39 is 6.04 Å². The first-order valence-electron chi connectivity index (χ1n) is 19.3. The number of amidine groups is 1. The molecule has 9 aromatic rings. The maximum atomic E-state index is 7.16. The fraction of sp³-hybridized carbons (Fsp3) is 0.0784. The third-order valence-electron chi connectivity index (χ3n) is 11.4. The highest BCUT2D eigenvalue weighted by atomic mass is 15.0. The summed E-state index contributed by atoms with van der Waals surface area (Å²) in [6, 6.07) is 63.2. The van der Waals surface area contributed by atoms with Gasteiger partial charge < -0.3 is 20.6 Å². The molecule has 5 heteroatoms. The van der Waals surface area contributed by atoms with Crippen LogP contribution in [-0.4, -0.2) is 15.0 Å². The van der Waals surface area contributed by atoms with Gasteiger partial charge >= 0.3 is 0 Å². The predicted molar refractivity (Wildman–Crippen MR) is 233 cm³/mol. The van der Waals surface area contributed by atoms with E-state index in [1.807, 2.05) is 48.5 Å². The average molecular weight is 724 g/mol. The summed E-state index contributed by atoms with van der Waals surface area (Å²) in [5.74, 6) is 0.728. The number of fused-ring (bicyclic) bond motifs is 6. The molecule has 0 saturated heterocycles. The molecule has 3 atom stereocenters. The van der Waals surface area contributed by atoms with Crippen LogP contribution in [0.2, 0.25) is 0 Å². The summed E-state index contributed by atoms with van der Waals surface area (Å²) in [4.78, 5) is 5.04. The number of nitrogens with zero attached hydrogens (tertiary/aromatic N) is 3. The molecule has 0 spiro atoms. The minimum atomic E-state index is -0.428. The molecule has 0 bridgehead atoms. The van der Waals surface area contributed by atoms with Gasteiger partial charge in [-0.05, 0) is 77.2 Å². The summed E-state index contributed by atoms with van der Waals surface area (Å²) in [5, 5.41) is 3.82. The van der Waals surface area contributed by atoms with Crippen LogP contribution in [0.3, 0.4) is 0 Å². The number of nitrogens with two attached hydrogens (primary N) is 2. The molecule has 4 N–H and O–H groups in total. The Morgan fingerprint density at radius 3 is 1.80 bits per heavy atom. The molecule has 2 aromatic heterocycles. The standard InChI is InChI=1S/C51H41N5/c52-49(50(35-14-3-1-4-15-35)54-51(53)36-16-5-2-6-17-36)38-18-13-19-40(32-38)56-47-25-12-9-22-43(47)44-33-37(28-31-48(44)56)34-26-29-39(30-27-34)55-45-23-10-7-20-41(45)42-21-8-11-24-46(42)55/h1-32,37,49-50H,33,52H2,(H2,53,54)/t37?,49-,50?/m1/s1. The molecule has 10 rings (SSSR count). The van der Waals surface area contributed by atoms with Crippen LogP contribution in [0.1, 0.15) is 51.5 Å². The molecule has 0 amide bonds. The van der Waals surface area contributed by atoms with E-state index >= 15 is 0 Å². The number of benzene rings is 7. The second-order valence-corrected chi connectivity index (χ2v) is 14.7. The van der Waals surface area contributed by atoms with Crippen LogP contribution in [0.25, 0.3) is 50.2 Å². The van der Waals surface area contributed by atoms with Crippen molar-refractivity contribution in [3.05, 3.63) is 222 Å². The molecule has 0 fully saturated rings. The van der Waals surface area contributed by atoms with Gasteiger partial charge in [0, 0.05) is 44.7 Å².